The largest absolute Gasteiger partial charge is 0.354 e. The molecule has 2 aromatic rings. The van der Waals surface area contributed by atoms with Crippen LogP contribution in [-0.2, 0) is 11.2 Å². The predicted molar refractivity (Wildman–Crippen MR) is 117 cm³/mol. The number of nitrogens with zero attached hydrogens (tertiary/aromatic N) is 4. The Hall–Kier alpha value is -2.54. The van der Waals surface area contributed by atoms with Gasteiger partial charge in [0.15, 0.2) is 0 Å². The zero-order valence-electron chi connectivity index (χ0n) is 17.9. The quantitative estimate of drug-likeness (QED) is 0.708. The second kappa shape index (κ2) is 10.2. The summed E-state index contributed by atoms with van der Waals surface area (Å²) >= 11 is 0. The van der Waals surface area contributed by atoms with Crippen molar-refractivity contribution in [2.24, 2.45) is 5.92 Å². The third-order valence-corrected chi connectivity index (χ3v) is 6.38. The predicted octanol–water partition coefficient (Wildman–Crippen LogP) is 3.35. The van der Waals surface area contributed by atoms with Crippen molar-refractivity contribution < 1.29 is 13.6 Å². The molecule has 0 radical (unpaired) electrons. The minimum Gasteiger partial charge on any atom is -0.354 e. The van der Waals surface area contributed by atoms with E-state index in [-0.39, 0.29) is 24.3 Å². The average molecular weight is 429 g/mol. The normalized spacial score (nSPS) is 20.1. The first-order valence-electron chi connectivity index (χ1n) is 11.2. The molecule has 4 rings (SSSR count). The van der Waals surface area contributed by atoms with Gasteiger partial charge in [-0.25, -0.2) is 13.8 Å². The van der Waals surface area contributed by atoms with Crippen LogP contribution in [0.3, 0.4) is 0 Å². The highest BCUT2D eigenvalue weighted by molar-refractivity contribution is 5.76. The van der Waals surface area contributed by atoms with E-state index in [1.165, 1.54) is 18.2 Å². The van der Waals surface area contributed by atoms with Gasteiger partial charge in [-0.1, -0.05) is 12.1 Å². The third-order valence-electron chi connectivity index (χ3n) is 6.38. The molecule has 0 bridgehead atoms. The minimum atomic E-state index is -0.575. The molecule has 1 atom stereocenters. The number of carbonyl (C=O) groups is 1. The number of pyridine rings is 1. The van der Waals surface area contributed by atoms with Gasteiger partial charge < -0.3 is 9.80 Å². The molecule has 0 N–H and O–H groups in total. The lowest BCUT2D eigenvalue weighted by Gasteiger charge is -2.39. The second-order valence-corrected chi connectivity index (χ2v) is 8.52. The summed E-state index contributed by atoms with van der Waals surface area (Å²) in [6.07, 6.45) is 4.18. The summed E-state index contributed by atoms with van der Waals surface area (Å²) in [5.41, 5.74) is 0.00943. The molecule has 31 heavy (non-hydrogen) atoms. The smallest absolute Gasteiger partial charge is 0.222 e. The first-order valence-corrected chi connectivity index (χ1v) is 11.2. The summed E-state index contributed by atoms with van der Waals surface area (Å²) in [5.74, 6) is 0.322. The van der Waals surface area contributed by atoms with E-state index in [1.54, 1.807) is 0 Å². The van der Waals surface area contributed by atoms with Gasteiger partial charge in [0, 0.05) is 64.0 Å². The van der Waals surface area contributed by atoms with Gasteiger partial charge >= 0.3 is 0 Å². The molecule has 1 aromatic carbocycles. The van der Waals surface area contributed by atoms with E-state index >= 15 is 0 Å². The topological polar surface area (TPSA) is 39.7 Å². The summed E-state index contributed by atoms with van der Waals surface area (Å²) in [7, 11) is 0. The Morgan fingerprint density at radius 2 is 1.77 bits per heavy atom. The number of anilines is 1. The first-order chi connectivity index (χ1) is 15.1. The van der Waals surface area contributed by atoms with Gasteiger partial charge in [-0.05, 0) is 49.4 Å². The van der Waals surface area contributed by atoms with Crippen molar-refractivity contribution >= 4 is 11.7 Å². The molecule has 2 fully saturated rings. The maximum absolute atomic E-state index is 13.8. The number of amides is 1. The van der Waals surface area contributed by atoms with E-state index in [1.807, 2.05) is 29.3 Å². The van der Waals surface area contributed by atoms with E-state index in [0.717, 1.165) is 64.5 Å². The third kappa shape index (κ3) is 5.58. The summed E-state index contributed by atoms with van der Waals surface area (Å²) in [6, 6.07) is 9.83. The van der Waals surface area contributed by atoms with Crippen molar-refractivity contribution in [2.75, 3.05) is 50.7 Å². The fourth-order valence-electron chi connectivity index (χ4n) is 4.67. The molecule has 1 aromatic heterocycles. The van der Waals surface area contributed by atoms with Gasteiger partial charge in [-0.15, -0.1) is 0 Å². The number of likely N-dealkylation sites (tertiary alicyclic amines) is 1. The number of piperidine rings is 1. The van der Waals surface area contributed by atoms with Crippen molar-refractivity contribution in [1.82, 2.24) is 14.8 Å². The number of halogens is 2. The molecule has 3 heterocycles. The Kier molecular flexibility index (Phi) is 7.12. The van der Waals surface area contributed by atoms with Crippen molar-refractivity contribution in [3.05, 3.63) is 59.8 Å². The number of carbonyl (C=O) groups excluding carboxylic acids is 1. The van der Waals surface area contributed by atoms with Gasteiger partial charge in [-0.3, -0.25) is 9.69 Å². The van der Waals surface area contributed by atoms with Crippen LogP contribution < -0.4 is 4.90 Å². The highest BCUT2D eigenvalue weighted by Crippen LogP contribution is 2.21. The van der Waals surface area contributed by atoms with Gasteiger partial charge in [0.2, 0.25) is 5.91 Å². The number of rotatable bonds is 6. The van der Waals surface area contributed by atoms with Gasteiger partial charge in [0.05, 0.1) is 0 Å². The molecule has 0 saturated carbocycles. The van der Waals surface area contributed by atoms with Crippen molar-refractivity contribution in [1.29, 1.82) is 0 Å². The lowest BCUT2D eigenvalue weighted by atomic mass is 9.96. The fraction of sp³-hybridized carbons (Fsp3) is 0.500. The Labute approximate surface area is 182 Å². The Bertz CT molecular complexity index is 851. The van der Waals surface area contributed by atoms with Crippen molar-refractivity contribution in [3.8, 4) is 0 Å². The summed E-state index contributed by atoms with van der Waals surface area (Å²) in [4.78, 5) is 23.8. The van der Waals surface area contributed by atoms with Crippen LogP contribution >= 0.6 is 0 Å². The number of aromatic nitrogens is 1. The molecule has 2 saturated heterocycles. The van der Waals surface area contributed by atoms with Crippen molar-refractivity contribution in [2.45, 2.75) is 25.7 Å². The van der Waals surface area contributed by atoms with Crippen LogP contribution in [0.15, 0.2) is 42.6 Å². The van der Waals surface area contributed by atoms with Crippen LogP contribution in [-0.4, -0.2) is 66.5 Å². The molecular formula is C24H30F2N4O. The van der Waals surface area contributed by atoms with E-state index < -0.39 is 11.6 Å². The molecule has 5 nitrogen and oxygen atoms in total. The first kappa shape index (κ1) is 21.7. The zero-order chi connectivity index (χ0) is 21.6. The van der Waals surface area contributed by atoms with Crippen molar-refractivity contribution in [3.63, 3.8) is 0 Å². The van der Waals surface area contributed by atoms with Crippen LogP contribution in [0.25, 0.3) is 0 Å². The second-order valence-electron chi connectivity index (χ2n) is 8.52. The maximum atomic E-state index is 13.8. The monoisotopic (exact) mass is 428 g/mol. The number of piperazine rings is 1. The molecule has 0 spiro atoms. The van der Waals surface area contributed by atoms with Gasteiger partial charge in [-0.2, -0.15) is 0 Å². The molecule has 1 amide bonds. The summed E-state index contributed by atoms with van der Waals surface area (Å²) < 4.78 is 27.6. The van der Waals surface area contributed by atoms with E-state index in [2.05, 4.69) is 14.8 Å². The molecule has 7 heteroatoms. The van der Waals surface area contributed by atoms with Crippen LogP contribution in [0.5, 0.6) is 0 Å². The van der Waals surface area contributed by atoms with Gasteiger partial charge in [0.25, 0.3) is 0 Å². The van der Waals surface area contributed by atoms with E-state index in [4.69, 9.17) is 0 Å². The average Bonchev–Trinajstić information content (AvgIpc) is 2.80. The van der Waals surface area contributed by atoms with E-state index in [9.17, 15) is 13.6 Å². The number of benzene rings is 1. The lowest BCUT2D eigenvalue weighted by molar-refractivity contribution is -0.133. The highest BCUT2D eigenvalue weighted by atomic mass is 19.1. The fourth-order valence-corrected chi connectivity index (χ4v) is 4.67. The molecule has 0 aliphatic carbocycles. The SMILES string of the molecule is O=C(CCc1c(F)cccc1F)N1CCCC(CN2CCN(c3ccccn3)CC2)C1. The summed E-state index contributed by atoms with van der Waals surface area (Å²) in [5, 5.41) is 0. The van der Waals surface area contributed by atoms with Crippen LogP contribution in [0.4, 0.5) is 14.6 Å². The molecule has 1 unspecified atom stereocenters. The maximum Gasteiger partial charge on any atom is 0.222 e. The molecule has 2 aliphatic heterocycles. The number of hydrogen-bond acceptors (Lipinski definition) is 4. The highest BCUT2D eigenvalue weighted by Gasteiger charge is 2.27. The minimum absolute atomic E-state index is 0.00711. The standard InChI is InChI=1S/C24H30F2N4O/c25-21-6-3-7-22(26)20(21)9-10-24(31)30-12-4-5-19(18-30)17-28-13-15-29(16-14-28)23-8-1-2-11-27-23/h1-3,6-8,11,19H,4-5,9-10,12-18H2. The van der Waals surface area contributed by atoms with Crippen LogP contribution in [0, 0.1) is 17.6 Å². The lowest BCUT2D eigenvalue weighted by Crippen LogP contribution is -2.50. The van der Waals surface area contributed by atoms with Crippen LogP contribution in [0.2, 0.25) is 0 Å². The molecule has 2 aliphatic rings. The summed E-state index contributed by atoms with van der Waals surface area (Å²) in [6.45, 7) is 6.37. The molecular weight excluding hydrogens is 398 g/mol. The zero-order valence-corrected chi connectivity index (χ0v) is 17.9. The van der Waals surface area contributed by atoms with E-state index in [0.29, 0.717) is 5.92 Å². The number of hydrogen-bond donors (Lipinski definition) is 0. The molecule has 166 valence electrons. The van der Waals surface area contributed by atoms with Gasteiger partial charge in [0.1, 0.15) is 17.5 Å². The Morgan fingerprint density at radius 3 is 2.48 bits per heavy atom. The van der Waals surface area contributed by atoms with Crippen LogP contribution in [0.1, 0.15) is 24.8 Å². The Balaban J connectivity index is 1.24. The Morgan fingerprint density at radius 1 is 1.00 bits per heavy atom.